The lowest BCUT2D eigenvalue weighted by molar-refractivity contribution is -0.00300. The van der Waals surface area contributed by atoms with E-state index in [-0.39, 0.29) is 5.54 Å². The number of likely N-dealkylation sites (tertiary alicyclic amines) is 1. The Hall–Kier alpha value is -0.160. The van der Waals surface area contributed by atoms with Gasteiger partial charge in [-0.2, -0.15) is 0 Å². The Morgan fingerprint density at radius 1 is 0.800 bits per heavy atom. The van der Waals surface area contributed by atoms with Crippen LogP contribution < -0.4 is 0 Å². The topological polar surface area (TPSA) is 13.0 Å². The Labute approximate surface area is 157 Å². The summed E-state index contributed by atoms with van der Waals surface area (Å²) in [6, 6.07) is 0.670. The Morgan fingerprint density at radius 2 is 1.36 bits per heavy atom. The van der Waals surface area contributed by atoms with Gasteiger partial charge in [-0.25, -0.2) is 0 Å². The maximum absolute atomic E-state index is 2.81. The van der Waals surface area contributed by atoms with Crippen LogP contribution in [0.15, 0.2) is 0 Å². The molecule has 2 heterocycles. The van der Waals surface area contributed by atoms with Crippen molar-refractivity contribution in [3.8, 4) is 0 Å². The third kappa shape index (κ3) is 6.20. The van der Waals surface area contributed by atoms with E-state index in [4.69, 9.17) is 0 Å². The van der Waals surface area contributed by atoms with E-state index in [9.17, 15) is 0 Å². The number of hydrogen-bond acceptors (Lipinski definition) is 4. The van der Waals surface area contributed by atoms with E-state index in [0.29, 0.717) is 11.6 Å². The molecule has 0 bridgehead atoms. The van der Waals surface area contributed by atoms with Crippen LogP contribution >= 0.6 is 0 Å². The summed E-state index contributed by atoms with van der Waals surface area (Å²) in [4.78, 5) is 10.5. The van der Waals surface area contributed by atoms with Gasteiger partial charge in [0.25, 0.3) is 0 Å². The zero-order chi connectivity index (χ0) is 18.8. The Kier molecular flexibility index (Phi) is 6.97. The summed E-state index contributed by atoms with van der Waals surface area (Å²) in [5, 5.41) is 0. The molecular weight excluding hydrogens is 308 g/mol. The lowest BCUT2D eigenvalue weighted by Gasteiger charge is -2.49. The van der Waals surface area contributed by atoms with Gasteiger partial charge in [0.1, 0.15) is 0 Å². The summed E-state index contributed by atoms with van der Waals surface area (Å²) >= 11 is 0. The highest BCUT2D eigenvalue weighted by Crippen LogP contribution is 2.26. The number of piperidine rings is 1. The van der Waals surface area contributed by atoms with Gasteiger partial charge in [0, 0.05) is 49.8 Å². The molecule has 0 saturated carbocycles. The minimum absolute atomic E-state index is 0.286. The van der Waals surface area contributed by atoms with E-state index in [1.54, 1.807) is 0 Å². The van der Waals surface area contributed by atoms with Gasteiger partial charge >= 0.3 is 0 Å². The third-order valence-electron chi connectivity index (χ3n) is 6.19. The lowest BCUT2D eigenvalue weighted by atomic mass is 9.91. The first-order chi connectivity index (χ1) is 11.5. The average Bonchev–Trinajstić information content (AvgIpc) is 2.47. The van der Waals surface area contributed by atoms with Gasteiger partial charge in [-0.3, -0.25) is 14.7 Å². The summed E-state index contributed by atoms with van der Waals surface area (Å²) in [6.45, 7) is 22.8. The van der Waals surface area contributed by atoms with Crippen molar-refractivity contribution in [2.45, 2.75) is 71.5 Å². The van der Waals surface area contributed by atoms with Crippen molar-refractivity contribution in [1.82, 2.24) is 19.6 Å². The van der Waals surface area contributed by atoms with Crippen molar-refractivity contribution in [2.24, 2.45) is 5.92 Å². The first-order valence-corrected chi connectivity index (χ1v) is 10.4. The van der Waals surface area contributed by atoms with Crippen molar-refractivity contribution >= 4 is 0 Å². The molecule has 0 spiro atoms. The normalized spacial score (nSPS) is 26.5. The molecule has 148 valence electrons. The highest BCUT2D eigenvalue weighted by atomic mass is 15.3. The van der Waals surface area contributed by atoms with Crippen molar-refractivity contribution in [2.75, 3.05) is 59.9 Å². The summed E-state index contributed by atoms with van der Waals surface area (Å²) in [5.41, 5.74) is 0.617. The second-order valence-corrected chi connectivity index (χ2v) is 10.6. The minimum atomic E-state index is 0.286. The van der Waals surface area contributed by atoms with Gasteiger partial charge in [-0.05, 0) is 87.5 Å². The molecule has 1 atom stereocenters. The molecule has 0 radical (unpaired) electrons. The number of likely N-dealkylation sites (N-methyl/N-ethyl adjacent to an activating group) is 1. The van der Waals surface area contributed by atoms with Crippen LogP contribution in [0.5, 0.6) is 0 Å². The predicted molar refractivity (Wildman–Crippen MR) is 109 cm³/mol. The van der Waals surface area contributed by atoms with Gasteiger partial charge in [0.2, 0.25) is 0 Å². The highest BCUT2D eigenvalue weighted by molar-refractivity contribution is 4.91. The van der Waals surface area contributed by atoms with E-state index < -0.39 is 0 Å². The van der Waals surface area contributed by atoms with Crippen LogP contribution in [0.2, 0.25) is 0 Å². The number of rotatable bonds is 4. The Bertz CT molecular complexity index is 399. The number of piperazine rings is 1. The predicted octanol–water partition coefficient (Wildman–Crippen LogP) is 2.84. The molecule has 0 N–H and O–H groups in total. The fourth-order valence-electron chi connectivity index (χ4n) is 4.46. The fraction of sp³-hybridized carbons (Fsp3) is 1.00. The van der Waals surface area contributed by atoms with Gasteiger partial charge < -0.3 is 4.90 Å². The summed E-state index contributed by atoms with van der Waals surface area (Å²) in [6.07, 6.45) is 2.73. The largest absolute Gasteiger partial charge is 0.308 e. The van der Waals surface area contributed by atoms with Crippen LogP contribution in [-0.2, 0) is 0 Å². The summed E-state index contributed by atoms with van der Waals surface area (Å²) in [5.74, 6) is 0.879. The smallest absolute Gasteiger partial charge is 0.0351 e. The molecule has 2 fully saturated rings. The average molecular weight is 353 g/mol. The first-order valence-electron chi connectivity index (χ1n) is 10.4. The molecule has 25 heavy (non-hydrogen) atoms. The van der Waals surface area contributed by atoms with Crippen LogP contribution in [0.4, 0.5) is 0 Å². The van der Waals surface area contributed by atoms with E-state index >= 15 is 0 Å². The molecule has 2 aliphatic rings. The van der Waals surface area contributed by atoms with E-state index in [1.807, 2.05) is 0 Å². The lowest BCUT2D eigenvalue weighted by Crippen LogP contribution is -2.61. The molecule has 0 aromatic rings. The molecule has 2 aliphatic heterocycles. The van der Waals surface area contributed by atoms with Crippen LogP contribution in [-0.4, -0.2) is 96.6 Å². The van der Waals surface area contributed by atoms with Crippen molar-refractivity contribution < 1.29 is 0 Å². The van der Waals surface area contributed by atoms with Crippen LogP contribution in [0, 0.1) is 5.92 Å². The van der Waals surface area contributed by atoms with Crippen molar-refractivity contribution in [3.63, 3.8) is 0 Å². The zero-order valence-electron chi connectivity index (χ0n) is 18.3. The van der Waals surface area contributed by atoms with Crippen molar-refractivity contribution in [1.29, 1.82) is 0 Å². The maximum atomic E-state index is 2.81. The van der Waals surface area contributed by atoms with Gasteiger partial charge in [0.05, 0.1) is 0 Å². The summed E-state index contributed by atoms with van der Waals surface area (Å²) in [7, 11) is 4.44. The Balaban J connectivity index is 1.91. The number of nitrogens with zero attached hydrogens (tertiary/aromatic N) is 4. The molecule has 4 nitrogen and oxygen atoms in total. The second kappa shape index (κ2) is 8.24. The molecule has 0 amide bonds. The molecule has 2 saturated heterocycles. The molecule has 0 aromatic heterocycles. The zero-order valence-corrected chi connectivity index (χ0v) is 18.3. The molecular formula is C21H44N4. The maximum Gasteiger partial charge on any atom is 0.0351 e. The van der Waals surface area contributed by atoms with Gasteiger partial charge in [-0.1, -0.05) is 0 Å². The SMILES string of the molecule is CN(C)C[C@@H]1CN(C(C)(C)C)CCN1CC1CCN(C(C)(C)C)CC1. The second-order valence-electron chi connectivity index (χ2n) is 10.6. The van der Waals surface area contributed by atoms with Crippen LogP contribution in [0.1, 0.15) is 54.4 Å². The molecule has 0 aliphatic carbocycles. The summed E-state index contributed by atoms with van der Waals surface area (Å²) < 4.78 is 0. The monoisotopic (exact) mass is 352 g/mol. The molecule has 2 rings (SSSR count). The standard InChI is InChI=1S/C21H44N4/c1-20(2,3)24-11-9-18(10-12-24)15-23-13-14-25(21(4,5)6)17-19(23)16-22(7)8/h18-19H,9-17H2,1-8H3/t19-/m1/s1. The highest BCUT2D eigenvalue weighted by Gasteiger charge is 2.34. The van der Waals surface area contributed by atoms with Crippen LogP contribution in [0.25, 0.3) is 0 Å². The molecule has 4 heteroatoms. The van der Waals surface area contributed by atoms with Crippen molar-refractivity contribution in [3.05, 3.63) is 0 Å². The van der Waals surface area contributed by atoms with E-state index in [0.717, 1.165) is 5.92 Å². The Morgan fingerprint density at radius 3 is 1.84 bits per heavy atom. The molecule has 0 unspecified atom stereocenters. The van der Waals surface area contributed by atoms with Gasteiger partial charge in [0.15, 0.2) is 0 Å². The van der Waals surface area contributed by atoms with E-state index in [1.165, 1.54) is 58.7 Å². The quantitative estimate of drug-likeness (QED) is 0.771. The van der Waals surface area contributed by atoms with E-state index in [2.05, 4.69) is 75.2 Å². The first kappa shape index (κ1) is 21.1. The minimum Gasteiger partial charge on any atom is -0.308 e. The van der Waals surface area contributed by atoms with Gasteiger partial charge in [-0.15, -0.1) is 0 Å². The number of hydrogen-bond donors (Lipinski definition) is 0. The van der Waals surface area contributed by atoms with Crippen LogP contribution in [0.3, 0.4) is 0 Å². The third-order valence-corrected chi connectivity index (χ3v) is 6.19. The molecule has 0 aromatic carbocycles. The fourth-order valence-corrected chi connectivity index (χ4v) is 4.46.